The van der Waals surface area contributed by atoms with Crippen molar-refractivity contribution in [3.05, 3.63) is 52.2 Å². The van der Waals surface area contributed by atoms with Crippen LogP contribution in [0.1, 0.15) is 15.9 Å². The smallest absolute Gasteiger partial charge is 0.198 e. The Hall–Kier alpha value is -2.20. The number of thiophene rings is 1. The van der Waals surface area contributed by atoms with Crippen LogP contribution >= 0.6 is 11.3 Å². The highest BCUT2D eigenvalue weighted by Crippen LogP contribution is 2.39. The van der Waals surface area contributed by atoms with Crippen LogP contribution in [0, 0.1) is 0 Å². The summed E-state index contributed by atoms with van der Waals surface area (Å²) in [5.74, 6) is 0.0653. The number of fused-ring (bicyclic) bond motifs is 3. The molecular weight excluding hydrogens is 244 g/mol. The van der Waals surface area contributed by atoms with E-state index in [2.05, 4.69) is 10.2 Å². The topological polar surface area (TPSA) is 45.8 Å². The van der Waals surface area contributed by atoms with E-state index in [1.54, 1.807) is 11.3 Å². The molecule has 0 bridgehead atoms. The third kappa shape index (κ3) is 1.13. The van der Waals surface area contributed by atoms with E-state index in [1.165, 1.54) is 0 Å². The number of nitrogens with one attached hydrogen (secondary N) is 1. The van der Waals surface area contributed by atoms with Crippen molar-refractivity contribution in [3.63, 3.8) is 0 Å². The maximum Gasteiger partial charge on any atom is 0.198 e. The zero-order valence-electron chi connectivity index (χ0n) is 9.31. The van der Waals surface area contributed by atoms with Crippen molar-refractivity contribution in [2.45, 2.75) is 0 Å². The zero-order valence-corrected chi connectivity index (χ0v) is 10.1. The number of aromatic nitrogens is 2. The van der Waals surface area contributed by atoms with Gasteiger partial charge >= 0.3 is 0 Å². The van der Waals surface area contributed by atoms with Gasteiger partial charge in [0.25, 0.3) is 0 Å². The van der Waals surface area contributed by atoms with Gasteiger partial charge in [0, 0.05) is 22.1 Å². The maximum atomic E-state index is 12.4. The van der Waals surface area contributed by atoms with E-state index < -0.39 is 0 Å². The summed E-state index contributed by atoms with van der Waals surface area (Å²) >= 11 is 1.60. The van der Waals surface area contributed by atoms with Gasteiger partial charge in [-0.1, -0.05) is 24.3 Å². The van der Waals surface area contributed by atoms with Gasteiger partial charge in [-0.15, -0.1) is 0 Å². The van der Waals surface area contributed by atoms with Crippen LogP contribution in [0.25, 0.3) is 22.5 Å². The van der Waals surface area contributed by atoms with Crippen LogP contribution in [0.3, 0.4) is 0 Å². The van der Waals surface area contributed by atoms with Gasteiger partial charge in [0.2, 0.25) is 0 Å². The molecule has 3 aromatic rings. The molecule has 4 rings (SSSR count). The van der Waals surface area contributed by atoms with Crippen molar-refractivity contribution in [1.29, 1.82) is 0 Å². The van der Waals surface area contributed by atoms with Gasteiger partial charge in [0.05, 0.1) is 11.3 Å². The van der Waals surface area contributed by atoms with Crippen molar-refractivity contribution < 1.29 is 4.79 Å². The first-order chi connectivity index (χ1) is 8.86. The van der Waals surface area contributed by atoms with Gasteiger partial charge in [-0.2, -0.15) is 16.4 Å². The van der Waals surface area contributed by atoms with E-state index in [0.717, 1.165) is 28.1 Å². The molecule has 4 heteroatoms. The van der Waals surface area contributed by atoms with Crippen molar-refractivity contribution in [2.24, 2.45) is 0 Å². The summed E-state index contributed by atoms with van der Waals surface area (Å²) in [6.07, 6.45) is 0. The van der Waals surface area contributed by atoms with Crippen LogP contribution < -0.4 is 0 Å². The summed E-state index contributed by atoms with van der Waals surface area (Å²) < 4.78 is 0. The summed E-state index contributed by atoms with van der Waals surface area (Å²) in [5, 5.41) is 11.3. The highest BCUT2D eigenvalue weighted by molar-refractivity contribution is 7.08. The monoisotopic (exact) mass is 252 g/mol. The lowest BCUT2D eigenvalue weighted by atomic mass is 10.1. The lowest BCUT2D eigenvalue weighted by Gasteiger charge is -1.96. The summed E-state index contributed by atoms with van der Waals surface area (Å²) in [7, 11) is 0. The SMILES string of the molecule is O=C1c2ccccc2-c2[nH]nc(-c3ccsc3)c21. The standard InChI is InChI=1S/C14H8N2OS/c17-14-10-4-2-1-3-9(10)13-11(14)12(15-16-13)8-5-6-18-7-8/h1-7H,(H,15,16). The summed E-state index contributed by atoms with van der Waals surface area (Å²) in [6.45, 7) is 0. The van der Waals surface area contributed by atoms with Crippen LogP contribution in [0.15, 0.2) is 41.1 Å². The molecule has 0 fully saturated rings. The minimum Gasteiger partial charge on any atom is -0.288 e. The average Bonchev–Trinajstić information content (AvgIpc) is 3.09. The number of benzene rings is 1. The zero-order chi connectivity index (χ0) is 12.1. The molecule has 0 amide bonds. The normalized spacial score (nSPS) is 12.6. The molecule has 0 saturated heterocycles. The quantitative estimate of drug-likeness (QED) is 0.564. The van der Waals surface area contributed by atoms with E-state index in [9.17, 15) is 4.79 Å². The van der Waals surface area contributed by atoms with Gasteiger partial charge in [-0.25, -0.2) is 0 Å². The van der Waals surface area contributed by atoms with Crippen LogP contribution in [0.2, 0.25) is 0 Å². The van der Waals surface area contributed by atoms with Crippen molar-refractivity contribution in [3.8, 4) is 22.5 Å². The van der Waals surface area contributed by atoms with Gasteiger partial charge in [-0.3, -0.25) is 9.89 Å². The average molecular weight is 252 g/mol. The molecule has 0 unspecified atom stereocenters. The van der Waals surface area contributed by atoms with Crippen LogP contribution in [0.5, 0.6) is 0 Å². The first-order valence-corrected chi connectivity index (χ1v) is 6.55. The minimum absolute atomic E-state index is 0.0653. The number of H-pyrrole nitrogens is 1. The summed E-state index contributed by atoms with van der Waals surface area (Å²) in [4.78, 5) is 12.4. The second-order valence-corrected chi connectivity index (χ2v) is 4.99. The van der Waals surface area contributed by atoms with E-state index in [1.807, 2.05) is 41.1 Å². The van der Waals surface area contributed by atoms with Crippen molar-refractivity contribution in [1.82, 2.24) is 10.2 Å². The molecule has 2 heterocycles. The van der Waals surface area contributed by atoms with Gasteiger partial charge in [-0.05, 0) is 11.4 Å². The fourth-order valence-electron chi connectivity index (χ4n) is 2.40. The second-order valence-electron chi connectivity index (χ2n) is 4.21. The molecule has 0 saturated carbocycles. The van der Waals surface area contributed by atoms with Crippen LogP contribution in [-0.2, 0) is 0 Å². The molecule has 0 atom stereocenters. The molecule has 1 aliphatic carbocycles. The molecule has 0 aliphatic heterocycles. The second kappa shape index (κ2) is 3.40. The Balaban J connectivity index is 2.01. The van der Waals surface area contributed by atoms with E-state index in [0.29, 0.717) is 5.56 Å². The largest absolute Gasteiger partial charge is 0.288 e. The van der Waals surface area contributed by atoms with E-state index in [4.69, 9.17) is 0 Å². The Morgan fingerprint density at radius 2 is 1.94 bits per heavy atom. The molecular formula is C14H8N2OS. The summed E-state index contributed by atoms with van der Waals surface area (Å²) in [6, 6.07) is 9.63. The Labute approximate surface area is 107 Å². The molecule has 1 aliphatic rings. The molecule has 3 nitrogen and oxygen atoms in total. The Morgan fingerprint density at radius 1 is 1.11 bits per heavy atom. The predicted octanol–water partition coefficient (Wildman–Crippen LogP) is 3.35. The maximum absolute atomic E-state index is 12.4. The highest BCUT2D eigenvalue weighted by atomic mass is 32.1. The van der Waals surface area contributed by atoms with E-state index in [-0.39, 0.29) is 5.78 Å². The number of aromatic amines is 1. The Morgan fingerprint density at radius 3 is 2.72 bits per heavy atom. The molecule has 0 spiro atoms. The van der Waals surface area contributed by atoms with Crippen LogP contribution in [0.4, 0.5) is 0 Å². The van der Waals surface area contributed by atoms with Gasteiger partial charge < -0.3 is 0 Å². The number of carbonyl (C=O) groups is 1. The minimum atomic E-state index is 0.0653. The van der Waals surface area contributed by atoms with Crippen LogP contribution in [-0.4, -0.2) is 16.0 Å². The number of nitrogens with zero attached hydrogens (tertiary/aromatic N) is 1. The molecule has 1 N–H and O–H groups in total. The third-order valence-corrected chi connectivity index (χ3v) is 3.91. The number of carbonyl (C=O) groups excluding carboxylic acids is 1. The molecule has 86 valence electrons. The Kier molecular flexibility index (Phi) is 1.85. The number of hydrogen-bond donors (Lipinski definition) is 1. The fraction of sp³-hybridized carbons (Fsp3) is 0. The third-order valence-electron chi connectivity index (χ3n) is 3.23. The van der Waals surface area contributed by atoms with Gasteiger partial charge in [0.1, 0.15) is 5.69 Å². The first kappa shape index (κ1) is 9.79. The number of ketones is 1. The highest BCUT2D eigenvalue weighted by Gasteiger charge is 2.32. The molecule has 2 aromatic heterocycles. The summed E-state index contributed by atoms with van der Waals surface area (Å²) in [5.41, 5.74) is 5.02. The van der Waals surface area contributed by atoms with Crippen molar-refractivity contribution in [2.75, 3.05) is 0 Å². The molecule has 1 aromatic carbocycles. The van der Waals surface area contributed by atoms with E-state index >= 15 is 0 Å². The molecule has 0 radical (unpaired) electrons. The predicted molar refractivity (Wildman–Crippen MR) is 70.8 cm³/mol. The molecule has 18 heavy (non-hydrogen) atoms. The first-order valence-electron chi connectivity index (χ1n) is 5.61. The Bertz CT molecular complexity index is 756. The lowest BCUT2D eigenvalue weighted by molar-refractivity contribution is 0.104. The fourth-order valence-corrected chi connectivity index (χ4v) is 3.04. The number of hydrogen-bond acceptors (Lipinski definition) is 3. The van der Waals surface area contributed by atoms with Crippen molar-refractivity contribution >= 4 is 17.1 Å². The lowest BCUT2D eigenvalue weighted by Crippen LogP contribution is -1.96. The number of rotatable bonds is 1. The van der Waals surface area contributed by atoms with Gasteiger partial charge in [0.15, 0.2) is 5.78 Å².